The number of hydrogen-bond donors (Lipinski definition) is 2. The largest absolute Gasteiger partial charge is 0.363 e. The molecule has 0 saturated carbocycles. The molecule has 0 radical (unpaired) electrons. The van der Waals surface area contributed by atoms with Crippen LogP contribution in [0.3, 0.4) is 0 Å². The minimum Gasteiger partial charge on any atom is -0.363 e. The number of aryl methyl sites for hydroxylation is 3. The highest BCUT2D eigenvalue weighted by molar-refractivity contribution is 6.05. The van der Waals surface area contributed by atoms with Crippen molar-refractivity contribution >= 4 is 28.9 Å². The third kappa shape index (κ3) is 4.22. The van der Waals surface area contributed by atoms with Crippen LogP contribution >= 0.6 is 0 Å². The zero-order chi connectivity index (χ0) is 19.6. The first-order valence-electron chi connectivity index (χ1n) is 8.48. The normalized spacial score (nSPS) is 10.6. The minimum atomic E-state index is -0.242. The number of nitrogens with zero attached hydrogens (tertiary/aromatic N) is 4. The fourth-order valence-corrected chi connectivity index (χ4v) is 2.63. The molecule has 0 spiro atoms. The summed E-state index contributed by atoms with van der Waals surface area (Å²) in [7, 11) is 3.87. The van der Waals surface area contributed by atoms with Gasteiger partial charge in [-0.1, -0.05) is 5.16 Å². The number of rotatable bonds is 5. The summed E-state index contributed by atoms with van der Waals surface area (Å²) in [5.74, 6) is 2.48. The quantitative estimate of drug-likeness (QED) is 0.714. The summed E-state index contributed by atoms with van der Waals surface area (Å²) in [5, 5.41) is 9.91. The Bertz CT molecular complexity index is 943. The number of anilines is 4. The van der Waals surface area contributed by atoms with Crippen molar-refractivity contribution in [3.05, 3.63) is 53.2 Å². The number of carbonyl (C=O) groups is 1. The van der Waals surface area contributed by atoms with Crippen LogP contribution < -0.4 is 15.5 Å². The monoisotopic (exact) mass is 366 g/mol. The second kappa shape index (κ2) is 7.45. The number of carbonyl (C=O) groups excluding carboxylic acids is 1. The van der Waals surface area contributed by atoms with Gasteiger partial charge in [-0.2, -0.15) is 0 Å². The maximum Gasteiger partial charge on any atom is 0.261 e. The number of benzene rings is 1. The molecule has 3 aromatic rings. The second-order valence-corrected chi connectivity index (χ2v) is 6.41. The Balaban J connectivity index is 1.72. The summed E-state index contributed by atoms with van der Waals surface area (Å²) in [5.41, 5.74) is 2.57. The van der Waals surface area contributed by atoms with E-state index in [0.29, 0.717) is 34.3 Å². The molecule has 0 atom stereocenters. The van der Waals surface area contributed by atoms with E-state index in [2.05, 4.69) is 25.8 Å². The van der Waals surface area contributed by atoms with Crippen LogP contribution in [-0.4, -0.2) is 35.1 Å². The smallest absolute Gasteiger partial charge is 0.261 e. The lowest BCUT2D eigenvalue weighted by molar-refractivity contribution is 0.102. The number of amides is 1. The molecular formula is C19H22N6O2. The van der Waals surface area contributed by atoms with E-state index >= 15 is 0 Å². The molecule has 0 aliphatic rings. The zero-order valence-electron chi connectivity index (χ0n) is 16.0. The van der Waals surface area contributed by atoms with Crippen LogP contribution in [0.2, 0.25) is 0 Å². The average molecular weight is 366 g/mol. The highest BCUT2D eigenvalue weighted by Crippen LogP contribution is 2.21. The van der Waals surface area contributed by atoms with E-state index in [4.69, 9.17) is 4.52 Å². The Kier molecular flexibility index (Phi) is 5.07. The molecule has 8 nitrogen and oxygen atoms in total. The van der Waals surface area contributed by atoms with E-state index < -0.39 is 0 Å². The van der Waals surface area contributed by atoms with Gasteiger partial charge in [0.25, 0.3) is 5.91 Å². The third-order valence-corrected chi connectivity index (χ3v) is 3.96. The van der Waals surface area contributed by atoms with E-state index in [1.54, 1.807) is 13.8 Å². The molecule has 2 aromatic heterocycles. The first-order chi connectivity index (χ1) is 12.8. The highest BCUT2D eigenvalue weighted by Gasteiger charge is 2.17. The zero-order valence-corrected chi connectivity index (χ0v) is 16.0. The van der Waals surface area contributed by atoms with Gasteiger partial charge in [-0.25, -0.2) is 9.97 Å². The minimum absolute atomic E-state index is 0.242. The number of aromatic nitrogens is 3. The lowest BCUT2D eigenvalue weighted by Gasteiger charge is -2.14. The molecule has 0 unspecified atom stereocenters. The predicted molar refractivity (Wildman–Crippen MR) is 105 cm³/mol. The summed E-state index contributed by atoms with van der Waals surface area (Å²) in [4.78, 5) is 23.1. The SMILES string of the molecule is Cc1nc(Nc2ccc(NC(=O)c3c(C)noc3C)cc2)cc(N(C)C)n1. The van der Waals surface area contributed by atoms with Crippen LogP contribution in [0.5, 0.6) is 0 Å². The molecule has 0 bridgehead atoms. The van der Waals surface area contributed by atoms with E-state index in [-0.39, 0.29) is 5.91 Å². The standard InChI is InChI=1S/C19H22N6O2/c1-11-18(12(2)27-24-11)19(26)23-15-8-6-14(7-9-15)22-16-10-17(25(4)5)21-13(3)20-16/h6-10H,1-5H3,(H,23,26)(H,20,21,22). The van der Waals surface area contributed by atoms with Gasteiger partial charge >= 0.3 is 0 Å². The Morgan fingerprint density at radius 1 is 1.04 bits per heavy atom. The van der Waals surface area contributed by atoms with Crippen LogP contribution in [0, 0.1) is 20.8 Å². The molecule has 0 aliphatic carbocycles. The van der Waals surface area contributed by atoms with Crippen molar-refractivity contribution in [2.45, 2.75) is 20.8 Å². The lowest BCUT2D eigenvalue weighted by Crippen LogP contribution is -2.13. The highest BCUT2D eigenvalue weighted by atomic mass is 16.5. The molecule has 3 rings (SSSR count). The Hall–Kier alpha value is -3.42. The van der Waals surface area contributed by atoms with E-state index in [1.165, 1.54) is 0 Å². The van der Waals surface area contributed by atoms with E-state index in [0.717, 1.165) is 11.5 Å². The summed E-state index contributed by atoms with van der Waals surface area (Å²) in [6.45, 7) is 5.31. The first-order valence-corrected chi connectivity index (χ1v) is 8.48. The Labute approximate surface area is 157 Å². The second-order valence-electron chi connectivity index (χ2n) is 6.41. The van der Waals surface area contributed by atoms with Crippen molar-refractivity contribution in [1.82, 2.24) is 15.1 Å². The van der Waals surface area contributed by atoms with Gasteiger partial charge in [0.05, 0.1) is 5.69 Å². The molecule has 0 fully saturated rings. The first kappa shape index (κ1) is 18.4. The fourth-order valence-electron chi connectivity index (χ4n) is 2.63. The van der Waals surface area contributed by atoms with Gasteiger partial charge in [0, 0.05) is 31.5 Å². The predicted octanol–water partition coefficient (Wildman–Crippen LogP) is 3.45. The molecule has 2 N–H and O–H groups in total. The van der Waals surface area contributed by atoms with E-state index in [9.17, 15) is 4.79 Å². The Morgan fingerprint density at radius 3 is 2.30 bits per heavy atom. The molecule has 0 saturated heterocycles. The van der Waals surface area contributed by atoms with Gasteiger partial charge in [-0.3, -0.25) is 4.79 Å². The maximum atomic E-state index is 12.4. The molecule has 1 amide bonds. The lowest BCUT2D eigenvalue weighted by atomic mass is 10.2. The van der Waals surface area contributed by atoms with Crippen LogP contribution in [-0.2, 0) is 0 Å². The van der Waals surface area contributed by atoms with E-state index in [1.807, 2.05) is 56.3 Å². The van der Waals surface area contributed by atoms with Crippen molar-refractivity contribution < 1.29 is 9.32 Å². The number of hydrogen-bond acceptors (Lipinski definition) is 7. The fraction of sp³-hybridized carbons (Fsp3) is 0.263. The summed E-state index contributed by atoms with van der Waals surface area (Å²) < 4.78 is 5.04. The third-order valence-electron chi connectivity index (χ3n) is 3.96. The summed E-state index contributed by atoms with van der Waals surface area (Å²) in [6, 6.07) is 9.25. The van der Waals surface area contributed by atoms with Gasteiger partial charge in [0.15, 0.2) is 0 Å². The summed E-state index contributed by atoms with van der Waals surface area (Å²) >= 11 is 0. The average Bonchev–Trinajstić information content (AvgIpc) is 2.94. The molecule has 0 aliphatic heterocycles. The van der Waals surface area contributed by atoms with Crippen molar-refractivity contribution in [1.29, 1.82) is 0 Å². The maximum absolute atomic E-state index is 12.4. The van der Waals surface area contributed by atoms with Crippen molar-refractivity contribution in [2.75, 3.05) is 29.6 Å². The van der Waals surface area contributed by atoms with Crippen LogP contribution in [0.25, 0.3) is 0 Å². The number of nitrogens with one attached hydrogen (secondary N) is 2. The van der Waals surface area contributed by atoms with Crippen LogP contribution in [0.4, 0.5) is 23.0 Å². The molecule has 1 aromatic carbocycles. The molecule has 8 heteroatoms. The summed E-state index contributed by atoms with van der Waals surface area (Å²) in [6.07, 6.45) is 0. The molecule has 140 valence electrons. The van der Waals surface area contributed by atoms with Gasteiger partial charge in [0.2, 0.25) is 0 Å². The van der Waals surface area contributed by atoms with Crippen LogP contribution in [0.15, 0.2) is 34.9 Å². The van der Waals surface area contributed by atoms with Gasteiger partial charge < -0.3 is 20.1 Å². The Morgan fingerprint density at radius 2 is 1.70 bits per heavy atom. The topological polar surface area (TPSA) is 96.2 Å². The van der Waals surface area contributed by atoms with Crippen LogP contribution in [0.1, 0.15) is 27.6 Å². The van der Waals surface area contributed by atoms with Gasteiger partial charge in [-0.15, -0.1) is 0 Å². The van der Waals surface area contributed by atoms with Crippen molar-refractivity contribution in [3.63, 3.8) is 0 Å². The molecule has 2 heterocycles. The molecule has 27 heavy (non-hydrogen) atoms. The van der Waals surface area contributed by atoms with Gasteiger partial charge in [0.1, 0.15) is 28.8 Å². The van der Waals surface area contributed by atoms with Gasteiger partial charge in [-0.05, 0) is 45.0 Å². The molecular weight excluding hydrogens is 344 g/mol. The van der Waals surface area contributed by atoms with Crippen molar-refractivity contribution in [2.24, 2.45) is 0 Å². The van der Waals surface area contributed by atoms with Crippen molar-refractivity contribution in [3.8, 4) is 0 Å².